The monoisotopic (exact) mass is 419 g/mol. The van der Waals surface area contributed by atoms with Gasteiger partial charge in [0.1, 0.15) is 16.5 Å². The largest absolute Gasteiger partial charge is 0.357 e. The Morgan fingerprint density at radius 1 is 1.07 bits per heavy atom. The molecule has 0 aliphatic carbocycles. The van der Waals surface area contributed by atoms with Crippen LogP contribution in [0.15, 0.2) is 53.6 Å². The van der Waals surface area contributed by atoms with Crippen molar-refractivity contribution < 1.29 is 22.0 Å². The van der Waals surface area contributed by atoms with Gasteiger partial charge in [0, 0.05) is 37.4 Å². The summed E-state index contributed by atoms with van der Waals surface area (Å²) >= 11 is 0. The summed E-state index contributed by atoms with van der Waals surface area (Å²) in [5.41, 5.74) is 0.347. The third-order valence-electron chi connectivity index (χ3n) is 5.16. The van der Waals surface area contributed by atoms with E-state index in [1.165, 1.54) is 4.31 Å². The maximum absolute atomic E-state index is 14.3. The van der Waals surface area contributed by atoms with Crippen molar-refractivity contribution in [3.8, 4) is 0 Å². The molecule has 1 aliphatic rings. The molecule has 1 saturated heterocycles. The smallest absolute Gasteiger partial charge is 0.253 e. The number of nitrogens with zero attached hydrogens (tertiary/aromatic N) is 2. The number of aromatic nitrogens is 1. The maximum atomic E-state index is 14.3. The van der Waals surface area contributed by atoms with Crippen LogP contribution in [0.5, 0.6) is 0 Å². The van der Waals surface area contributed by atoms with E-state index in [4.69, 9.17) is 0 Å². The number of benzene rings is 2. The molecule has 9 heteroatoms. The number of sulfonamides is 1. The van der Waals surface area contributed by atoms with Gasteiger partial charge in [-0.05, 0) is 31.2 Å². The molecule has 152 valence electrons. The lowest BCUT2D eigenvalue weighted by Gasteiger charge is -2.38. The minimum Gasteiger partial charge on any atom is -0.357 e. The van der Waals surface area contributed by atoms with Crippen LogP contribution in [0.4, 0.5) is 8.78 Å². The number of piperazine rings is 1. The van der Waals surface area contributed by atoms with E-state index in [1.807, 2.05) is 6.07 Å². The van der Waals surface area contributed by atoms with Gasteiger partial charge in [-0.2, -0.15) is 4.31 Å². The van der Waals surface area contributed by atoms with Gasteiger partial charge in [-0.15, -0.1) is 0 Å². The summed E-state index contributed by atoms with van der Waals surface area (Å²) < 4.78 is 55.8. The highest BCUT2D eigenvalue weighted by molar-refractivity contribution is 7.89. The van der Waals surface area contributed by atoms with Crippen molar-refractivity contribution in [1.29, 1.82) is 0 Å². The van der Waals surface area contributed by atoms with Gasteiger partial charge in [0.2, 0.25) is 10.0 Å². The highest BCUT2D eigenvalue weighted by Crippen LogP contribution is 2.31. The number of H-pyrrole nitrogens is 1. The minimum absolute atomic E-state index is 0.0612. The second-order valence-corrected chi connectivity index (χ2v) is 8.87. The zero-order valence-electron chi connectivity index (χ0n) is 15.6. The normalized spacial score (nSPS) is 18.3. The van der Waals surface area contributed by atoms with Crippen molar-refractivity contribution in [2.45, 2.75) is 17.9 Å². The fourth-order valence-electron chi connectivity index (χ4n) is 3.72. The standard InChI is InChI=1S/C20H19F2N3O3S/c1-13-12-24(20(26)14-5-3-2-4-6-14)9-10-25(13)29(27,28)17-11-23-19-16(22)8-7-15(21)18(17)19/h2-8,11,13,23H,9-10,12H2,1H3/t13-/m0/s1. The second-order valence-electron chi connectivity index (χ2n) is 7.01. The number of hydrogen-bond donors (Lipinski definition) is 1. The minimum atomic E-state index is -4.09. The molecule has 1 aliphatic heterocycles. The molecule has 0 radical (unpaired) electrons. The van der Waals surface area contributed by atoms with Crippen LogP contribution in [0, 0.1) is 11.6 Å². The van der Waals surface area contributed by atoms with Crippen molar-refractivity contribution in [3.05, 3.63) is 65.9 Å². The van der Waals surface area contributed by atoms with Crippen LogP contribution in [0.2, 0.25) is 0 Å². The molecule has 1 amide bonds. The topological polar surface area (TPSA) is 73.5 Å². The second kappa shape index (κ2) is 7.23. The molecule has 3 aromatic rings. The van der Waals surface area contributed by atoms with Crippen LogP contribution < -0.4 is 0 Å². The van der Waals surface area contributed by atoms with Crippen LogP contribution in [-0.2, 0) is 10.0 Å². The summed E-state index contributed by atoms with van der Waals surface area (Å²) in [5, 5.41) is -0.292. The molecule has 1 fully saturated rings. The molecular formula is C20H19F2N3O3S. The lowest BCUT2D eigenvalue weighted by Crippen LogP contribution is -2.55. The molecule has 29 heavy (non-hydrogen) atoms. The lowest BCUT2D eigenvalue weighted by atomic mass is 10.1. The summed E-state index contributed by atoms with van der Waals surface area (Å²) in [7, 11) is -4.09. The van der Waals surface area contributed by atoms with Gasteiger partial charge in [0.05, 0.1) is 10.9 Å². The molecule has 0 spiro atoms. The molecular weight excluding hydrogens is 400 g/mol. The van der Waals surface area contributed by atoms with Gasteiger partial charge < -0.3 is 9.88 Å². The Labute approximate surface area is 166 Å². The van der Waals surface area contributed by atoms with Gasteiger partial charge in [-0.25, -0.2) is 17.2 Å². The van der Waals surface area contributed by atoms with E-state index in [2.05, 4.69) is 4.98 Å². The molecule has 0 bridgehead atoms. The van der Waals surface area contributed by atoms with Crippen molar-refractivity contribution in [3.63, 3.8) is 0 Å². The molecule has 1 N–H and O–H groups in total. The number of halogens is 2. The third-order valence-corrected chi connectivity index (χ3v) is 7.20. The Bertz CT molecular complexity index is 1180. The van der Waals surface area contributed by atoms with Crippen molar-refractivity contribution >= 4 is 26.8 Å². The molecule has 4 rings (SSSR count). The summed E-state index contributed by atoms with van der Waals surface area (Å²) in [5.74, 6) is -1.71. The number of carbonyl (C=O) groups is 1. The number of carbonyl (C=O) groups excluding carboxylic acids is 1. The first-order valence-corrected chi connectivity index (χ1v) is 10.6. The Hall–Kier alpha value is -2.78. The predicted molar refractivity (Wildman–Crippen MR) is 104 cm³/mol. The highest BCUT2D eigenvalue weighted by atomic mass is 32.2. The van der Waals surface area contributed by atoms with Crippen molar-refractivity contribution in [2.24, 2.45) is 0 Å². The van der Waals surface area contributed by atoms with E-state index in [9.17, 15) is 22.0 Å². The Morgan fingerprint density at radius 2 is 1.76 bits per heavy atom. The Balaban J connectivity index is 1.62. The number of amides is 1. The quantitative estimate of drug-likeness (QED) is 0.709. The van der Waals surface area contributed by atoms with Gasteiger partial charge >= 0.3 is 0 Å². The summed E-state index contributed by atoms with van der Waals surface area (Å²) in [4.78, 5) is 16.5. The first-order valence-electron chi connectivity index (χ1n) is 9.12. The Morgan fingerprint density at radius 3 is 2.45 bits per heavy atom. The fourth-order valence-corrected chi connectivity index (χ4v) is 5.50. The lowest BCUT2D eigenvalue weighted by molar-refractivity contribution is 0.0642. The molecule has 6 nitrogen and oxygen atoms in total. The van der Waals surface area contributed by atoms with Crippen LogP contribution in [0.3, 0.4) is 0 Å². The number of fused-ring (bicyclic) bond motifs is 1. The van der Waals surface area contributed by atoms with Crippen LogP contribution in [0.25, 0.3) is 10.9 Å². The number of hydrogen-bond acceptors (Lipinski definition) is 3. The summed E-state index contributed by atoms with van der Waals surface area (Å²) in [6.07, 6.45) is 1.11. The van der Waals surface area contributed by atoms with Gasteiger partial charge in [0.15, 0.2) is 0 Å². The SMILES string of the molecule is C[C@H]1CN(C(=O)c2ccccc2)CCN1S(=O)(=O)c1c[nH]c2c(F)ccc(F)c12. The van der Waals surface area contributed by atoms with E-state index in [1.54, 1.807) is 36.1 Å². The predicted octanol–water partition coefficient (Wildman–Crippen LogP) is 2.98. The zero-order valence-corrected chi connectivity index (χ0v) is 16.4. The molecule has 2 heterocycles. The molecule has 2 aromatic carbocycles. The van der Waals surface area contributed by atoms with E-state index >= 15 is 0 Å². The fraction of sp³-hybridized carbons (Fsp3) is 0.250. The average molecular weight is 419 g/mol. The van der Waals surface area contributed by atoms with Crippen molar-refractivity contribution in [1.82, 2.24) is 14.2 Å². The average Bonchev–Trinajstić information content (AvgIpc) is 3.18. The van der Waals surface area contributed by atoms with Crippen molar-refractivity contribution in [2.75, 3.05) is 19.6 Å². The number of rotatable bonds is 3. The third kappa shape index (κ3) is 3.30. The summed E-state index contributed by atoms with van der Waals surface area (Å²) in [6, 6.07) is 10.1. The van der Waals surface area contributed by atoms with Gasteiger partial charge in [-0.3, -0.25) is 4.79 Å². The van der Waals surface area contributed by atoms with Crippen LogP contribution in [-0.4, -0.2) is 54.2 Å². The molecule has 0 unspecified atom stereocenters. The summed E-state index contributed by atoms with van der Waals surface area (Å²) in [6.45, 7) is 2.15. The van der Waals surface area contributed by atoms with E-state index < -0.39 is 27.7 Å². The molecule has 0 saturated carbocycles. The van der Waals surface area contributed by atoms with E-state index in [-0.39, 0.29) is 41.3 Å². The van der Waals surface area contributed by atoms with Gasteiger partial charge in [0.25, 0.3) is 5.91 Å². The first-order chi connectivity index (χ1) is 13.8. The highest BCUT2D eigenvalue weighted by Gasteiger charge is 2.37. The Kier molecular flexibility index (Phi) is 4.87. The molecule has 1 aromatic heterocycles. The maximum Gasteiger partial charge on any atom is 0.253 e. The zero-order chi connectivity index (χ0) is 20.8. The van der Waals surface area contributed by atoms with Crippen LogP contribution >= 0.6 is 0 Å². The molecule has 1 atom stereocenters. The number of nitrogens with one attached hydrogen (secondary N) is 1. The number of aromatic amines is 1. The van der Waals surface area contributed by atoms with E-state index in [0.29, 0.717) is 5.56 Å². The first kappa shape index (κ1) is 19.5. The van der Waals surface area contributed by atoms with E-state index in [0.717, 1.165) is 18.3 Å². The van der Waals surface area contributed by atoms with Gasteiger partial charge in [-0.1, -0.05) is 18.2 Å². The van der Waals surface area contributed by atoms with Crippen LogP contribution in [0.1, 0.15) is 17.3 Å².